The maximum atomic E-state index is 12.4. The average molecular weight is 455 g/mol. The standard InChI is InChI=1S/C23H26N4O4S/c1-14(2)21(23-26-22(27-31-23)16-5-4-12-24-13-16)25-20(30)11-8-17(28)7-9-18(29)19-10-6-15(3)32-19/h4-6,10,12-14,21H,7-9,11H2,1-3H3,(H,25,30). The second-order valence-corrected chi connectivity index (χ2v) is 9.15. The van der Waals surface area contributed by atoms with Gasteiger partial charge in [0.25, 0.3) is 0 Å². The number of hydrogen-bond acceptors (Lipinski definition) is 8. The predicted octanol–water partition coefficient (Wildman–Crippen LogP) is 4.33. The van der Waals surface area contributed by atoms with Crippen LogP contribution < -0.4 is 5.32 Å². The molecule has 0 aliphatic carbocycles. The first-order chi connectivity index (χ1) is 15.3. The molecule has 32 heavy (non-hydrogen) atoms. The molecule has 1 amide bonds. The quantitative estimate of drug-likeness (QED) is 0.429. The molecule has 1 N–H and O–H groups in total. The van der Waals surface area contributed by atoms with Crippen molar-refractivity contribution < 1.29 is 18.9 Å². The monoisotopic (exact) mass is 454 g/mol. The van der Waals surface area contributed by atoms with Gasteiger partial charge >= 0.3 is 0 Å². The van der Waals surface area contributed by atoms with Crippen LogP contribution in [-0.4, -0.2) is 32.6 Å². The molecule has 0 saturated carbocycles. The zero-order valence-corrected chi connectivity index (χ0v) is 19.1. The predicted molar refractivity (Wildman–Crippen MR) is 120 cm³/mol. The minimum Gasteiger partial charge on any atom is -0.344 e. The number of amides is 1. The van der Waals surface area contributed by atoms with Crippen molar-refractivity contribution in [1.82, 2.24) is 20.4 Å². The van der Waals surface area contributed by atoms with Crippen LogP contribution >= 0.6 is 11.3 Å². The number of hydrogen-bond donors (Lipinski definition) is 1. The van der Waals surface area contributed by atoms with Crippen LogP contribution in [0, 0.1) is 12.8 Å². The topological polar surface area (TPSA) is 115 Å². The summed E-state index contributed by atoms with van der Waals surface area (Å²) in [5.41, 5.74) is 0.717. The van der Waals surface area contributed by atoms with Gasteiger partial charge in [-0.3, -0.25) is 19.4 Å². The van der Waals surface area contributed by atoms with Gasteiger partial charge in [-0.15, -0.1) is 11.3 Å². The number of nitrogens with zero attached hydrogens (tertiary/aromatic N) is 3. The molecule has 1 unspecified atom stereocenters. The summed E-state index contributed by atoms with van der Waals surface area (Å²) in [5.74, 6) is 0.271. The van der Waals surface area contributed by atoms with E-state index >= 15 is 0 Å². The van der Waals surface area contributed by atoms with Crippen molar-refractivity contribution in [3.05, 3.63) is 52.3 Å². The Morgan fingerprint density at radius 1 is 1.09 bits per heavy atom. The van der Waals surface area contributed by atoms with Gasteiger partial charge in [0, 0.05) is 48.5 Å². The van der Waals surface area contributed by atoms with E-state index in [2.05, 4.69) is 20.4 Å². The molecule has 8 nitrogen and oxygen atoms in total. The third kappa shape index (κ3) is 6.40. The van der Waals surface area contributed by atoms with Gasteiger partial charge in [-0.1, -0.05) is 19.0 Å². The summed E-state index contributed by atoms with van der Waals surface area (Å²) in [5, 5.41) is 6.85. The largest absolute Gasteiger partial charge is 0.344 e. The molecule has 3 rings (SSSR count). The lowest BCUT2D eigenvalue weighted by Crippen LogP contribution is -2.32. The molecule has 0 aliphatic rings. The number of pyridine rings is 1. The van der Waals surface area contributed by atoms with E-state index in [-0.39, 0.29) is 49.1 Å². The molecule has 3 aromatic rings. The molecule has 3 heterocycles. The Labute approximate surface area is 190 Å². The lowest BCUT2D eigenvalue weighted by atomic mass is 10.0. The molecule has 3 aromatic heterocycles. The second-order valence-electron chi connectivity index (χ2n) is 7.86. The van der Waals surface area contributed by atoms with Crippen molar-refractivity contribution in [3.63, 3.8) is 0 Å². The molecule has 168 valence electrons. The highest BCUT2D eigenvalue weighted by Crippen LogP contribution is 2.23. The first kappa shape index (κ1) is 23.5. The molecule has 0 aromatic carbocycles. The zero-order valence-electron chi connectivity index (χ0n) is 18.3. The van der Waals surface area contributed by atoms with Crippen LogP contribution in [0.1, 0.15) is 66.0 Å². The van der Waals surface area contributed by atoms with Crippen LogP contribution in [0.15, 0.2) is 41.2 Å². The number of aryl methyl sites for hydroxylation is 1. The summed E-state index contributed by atoms with van der Waals surface area (Å²) < 4.78 is 5.37. The van der Waals surface area contributed by atoms with Crippen LogP contribution in [0.3, 0.4) is 0 Å². The first-order valence-electron chi connectivity index (χ1n) is 10.5. The number of aromatic nitrogens is 3. The number of Topliss-reactive ketones (excluding diaryl/α,β-unsaturated/α-hetero) is 2. The van der Waals surface area contributed by atoms with Gasteiger partial charge in [0.2, 0.25) is 17.6 Å². The van der Waals surface area contributed by atoms with E-state index in [0.29, 0.717) is 22.2 Å². The molecule has 0 radical (unpaired) electrons. The Kier molecular flexibility index (Phi) is 7.99. The fourth-order valence-electron chi connectivity index (χ4n) is 3.07. The van der Waals surface area contributed by atoms with Crippen molar-refractivity contribution >= 4 is 28.8 Å². The molecule has 0 fully saturated rings. The number of thiophene rings is 1. The maximum absolute atomic E-state index is 12.4. The van der Waals surface area contributed by atoms with Crippen molar-refractivity contribution in [2.45, 2.75) is 52.5 Å². The van der Waals surface area contributed by atoms with Crippen LogP contribution in [-0.2, 0) is 9.59 Å². The van der Waals surface area contributed by atoms with Crippen molar-refractivity contribution in [2.24, 2.45) is 5.92 Å². The van der Waals surface area contributed by atoms with Crippen LogP contribution in [0.25, 0.3) is 11.4 Å². The van der Waals surface area contributed by atoms with Gasteiger partial charge < -0.3 is 9.84 Å². The summed E-state index contributed by atoms with van der Waals surface area (Å²) in [7, 11) is 0. The van der Waals surface area contributed by atoms with Crippen LogP contribution in [0.2, 0.25) is 0 Å². The number of carbonyl (C=O) groups excluding carboxylic acids is 3. The summed E-state index contributed by atoms with van der Waals surface area (Å²) in [4.78, 5) is 46.9. The van der Waals surface area contributed by atoms with Gasteiger partial charge in [0.1, 0.15) is 11.8 Å². The van der Waals surface area contributed by atoms with E-state index in [1.54, 1.807) is 24.5 Å². The lowest BCUT2D eigenvalue weighted by molar-refractivity contribution is -0.126. The maximum Gasteiger partial charge on any atom is 0.249 e. The summed E-state index contributed by atoms with van der Waals surface area (Å²) in [6.45, 7) is 5.80. The fourth-order valence-corrected chi connectivity index (χ4v) is 3.91. The van der Waals surface area contributed by atoms with Gasteiger partial charge in [0.15, 0.2) is 5.78 Å². The van der Waals surface area contributed by atoms with Crippen molar-refractivity contribution in [1.29, 1.82) is 0 Å². The number of rotatable bonds is 11. The highest BCUT2D eigenvalue weighted by molar-refractivity contribution is 7.14. The highest BCUT2D eigenvalue weighted by Gasteiger charge is 2.25. The lowest BCUT2D eigenvalue weighted by Gasteiger charge is -2.18. The third-order valence-electron chi connectivity index (χ3n) is 4.89. The first-order valence-corrected chi connectivity index (χ1v) is 11.3. The number of ketones is 2. The van der Waals surface area contributed by atoms with Crippen molar-refractivity contribution in [2.75, 3.05) is 0 Å². The molecule has 0 spiro atoms. The van der Waals surface area contributed by atoms with Gasteiger partial charge in [-0.05, 0) is 37.1 Å². The number of carbonyl (C=O) groups is 3. The van der Waals surface area contributed by atoms with Gasteiger partial charge in [-0.2, -0.15) is 4.98 Å². The Morgan fingerprint density at radius 2 is 1.88 bits per heavy atom. The molecule has 0 bridgehead atoms. The normalized spacial score (nSPS) is 12.0. The second kappa shape index (κ2) is 10.9. The molecular formula is C23H26N4O4S. The van der Waals surface area contributed by atoms with E-state index < -0.39 is 6.04 Å². The number of nitrogens with one attached hydrogen (secondary N) is 1. The van der Waals surface area contributed by atoms with Gasteiger partial charge in [-0.25, -0.2) is 0 Å². The Bertz CT molecular complexity index is 1070. The Balaban J connectivity index is 1.49. The summed E-state index contributed by atoms with van der Waals surface area (Å²) in [6.07, 6.45) is 3.70. The SMILES string of the molecule is Cc1ccc(C(=O)CCC(=O)CCC(=O)NC(c2nc(-c3cccnc3)no2)C(C)C)s1. The van der Waals surface area contributed by atoms with E-state index in [1.165, 1.54) is 11.3 Å². The van der Waals surface area contributed by atoms with E-state index in [1.807, 2.05) is 32.9 Å². The fraction of sp³-hybridized carbons (Fsp3) is 0.391. The van der Waals surface area contributed by atoms with E-state index in [4.69, 9.17) is 4.52 Å². The van der Waals surface area contributed by atoms with Gasteiger partial charge in [0.05, 0.1) is 4.88 Å². The molecule has 0 saturated heterocycles. The smallest absolute Gasteiger partial charge is 0.249 e. The third-order valence-corrected chi connectivity index (χ3v) is 5.93. The molecule has 1 atom stereocenters. The van der Waals surface area contributed by atoms with E-state index in [9.17, 15) is 14.4 Å². The molecular weight excluding hydrogens is 428 g/mol. The minimum absolute atomic E-state index is 0.00345. The molecule has 0 aliphatic heterocycles. The van der Waals surface area contributed by atoms with Crippen LogP contribution in [0.5, 0.6) is 0 Å². The molecule has 9 heteroatoms. The Morgan fingerprint density at radius 3 is 2.53 bits per heavy atom. The van der Waals surface area contributed by atoms with Crippen LogP contribution in [0.4, 0.5) is 0 Å². The average Bonchev–Trinajstić information content (AvgIpc) is 3.44. The zero-order chi connectivity index (χ0) is 23.1. The summed E-state index contributed by atoms with van der Waals surface area (Å²) in [6, 6.07) is 6.79. The minimum atomic E-state index is -0.473. The Hall–Kier alpha value is -3.20. The summed E-state index contributed by atoms with van der Waals surface area (Å²) >= 11 is 1.43. The highest BCUT2D eigenvalue weighted by atomic mass is 32.1. The van der Waals surface area contributed by atoms with Crippen molar-refractivity contribution in [3.8, 4) is 11.4 Å². The van der Waals surface area contributed by atoms with E-state index in [0.717, 1.165) is 4.88 Å².